The van der Waals surface area contributed by atoms with Crippen LogP contribution in [0.4, 0.5) is 5.69 Å². The smallest absolute Gasteiger partial charge is 0.272 e. The Kier molecular flexibility index (Phi) is 4.22. The van der Waals surface area contributed by atoms with Crippen LogP contribution in [0.2, 0.25) is 0 Å². The molecular formula is C21H21N3O2. The molecule has 0 unspecified atom stereocenters. The summed E-state index contributed by atoms with van der Waals surface area (Å²) in [7, 11) is 3.61. The van der Waals surface area contributed by atoms with Crippen LogP contribution < -0.4 is 5.32 Å². The number of fused-ring (bicyclic) bond motifs is 2. The summed E-state index contributed by atoms with van der Waals surface area (Å²) < 4.78 is 9.22. The molecule has 0 fully saturated rings. The lowest BCUT2D eigenvalue weighted by Gasteiger charge is -2.09. The minimum atomic E-state index is -0.110. The first-order chi connectivity index (χ1) is 12.7. The largest absolute Gasteiger partial charge is 0.383 e. The third kappa shape index (κ3) is 2.76. The lowest BCUT2D eigenvalue weighted by molar-refractivity contribution is 0.102. The molecule has 0 aliphatic carbocycles. The molecular weight excluding hydrogens is 326 g/mol. The fourth-order valence-electron chi connectivity index (χ4n) is 3.41. The van der Waals surface area contributed by atoms with Crippen LogP contribution in [0.25, 0.3) is 21.8 Å². The van der Waals surface area contributed by atoms with E-state index in [1.807, 2.05) is 66.3 Å². The molecule has 1 N–H and O–H groups in total. The summed E-state index contributed by atoms with van der Waals surface area (Å²) in [4.78, 5) is 12.9. The van der Waals surface area contributed by atoms with Crippen molar-refractivity contribution in [1.29, 1.82) is 0 Å². The zero-order valence-electron chi connectivity index (χ0n) is 14.9. The highest BCUT2D eigenvalue weighted by atomic mass is 16.5. The number of aryl methyl sites for hydroxylation is 1. The maximum atomic E-state index is 12.9. The highest BCUT2D eigenvalue weighted by molar-refractivity contribution is 6.10. The van der Waals surface area contributed by atoms with Crippen molar-refractivity contribution in [3.63, 3.8) is 0 Å². The molecule has 5 heteroatoms. The molecule has 2 aromatic carbocycles. The van der Waals surface area contributed by atoms with Crippen LogP contribution >= 0.6 is 0 Å². The Morgan fingerprint density at radius 1 is 1.08 bits per heavy atom. The number of aromatic nitrogens is 2. The molecule has 4 aromatic rings. The molecule has 0 atom stereocenters. The predicted octanol–water partition coefficient (Wildman–Crippen LogP) is 4.03. The second kappa shape index (κ2) is 6.69. The summed E-state index contributed by atoms with van der Waals surface area (Å²) in [5.74, 6) is -0.110. The monoisotopic (exact) mass is 347 g/mol. The number of amides is 1. The molecule has 0 aliphatic rings. The Balaban J connectivity index is 1.67. The van der Waals surface area contributed by atoms with Crippen LogP contribution in [0.15, 0.2) is 60.8 Å². The van der Waals surface area contributed by atoms with Gasteiger partial charge in [-0.15, -0.1) is 0 Å². The van der Waals surface area contributed by atoms with Gasteiger partial charge in [-0.2, -0.15) is 0 Å². The van der Waals surface area contributed by atoms with Crippen LogP contribution in [-0.2, 0) is 18.3 Å². The Hall–Kier alpha value is -3.05. The highest BCUT2D eigenvalue weighted by Crippen LogP contribution is 2.26. The number of hydrogen-bond donors (Lipinski definition) is 1. The first kappa shape index (κ1) is 16.4. The molecule has 2 heterocycles. The van der Waals surface area contributed by atoms with E-state index in [9.17, 15) is 4.79 Å². The third-order valence-corrected chi connectivity index (χ3v) is 4.78. The number of nitrogens with one attached hydrogen (secondary N) is 1. The van der Waals surface area contributed by atoms with Gasteiger partial charge < -0.3 is 19.2 Å². The van der Waals surface area contributed by atoms with Gasteiger partial charge in [0, 0.05) is 43.2 Å². The van der Waals surface area contributed by atoms with Crippen LogP contribution in [0.5, 0.6) is 0 Å². The predicted molar refractivity (Wildman–Crippen MR) is 105 cm³/mol. The number of anilines is 1. The van der Waals surface area contributed by atoms with Gasteiger partial charge >= 0.3 is 0 Å². The molecule has 5 nitrogen and oxygen atoms in total. The summed E-state index contributed by atoms with van der Waals surface area (Å²) in [6.07, 6.45) is 2.02. The third-order valence-electron chi connectivity index (χ3n) is 4.78. The van der Waals surface area contributed by atoms with Crippen LogP contribution in [0, 0.1) is 0 Å². The molecule has 0 aliphatic heterocycles. The molecule has 132 valence electrons. The lowest BCUT2D eigenvalue weighted by Crippen LogP contribution is -2.15. The Labute approximate surface area is 151 Å². The minimum absolute atomic E-state index is 0.110. The van der Waals surface area contributed by atoms with Crippen molar-refractivity contribution in [2.45, 2.75) is 6.54 Å². The van der Waals surface area contributed by atoms with Gasteiger partial charge in [-0.25, -0.2) is 0 Å². The SMILES string of the molecule is COCCn1ccc2c(NC(=O)c3cc4ccccc4n3C)cccc21. The van der Waals surface area contributed by atoms with Crippen molar-refractivity contribution in [1.82, 2.24) is 9.13 Å². The fraction of sp³-hybridized carbons (Fsp3) is 0.190. The number of ether oxygens (including phenoxy) is 1. The second-order valence-corrected chi connectivity index (χ2v) is 6.34. The van der Waals surface area contributed by atoms with Crippen molar-refractivity contribution in [3.8, 4) is 0 Å². The van der Waals surface area contributed by atoms with E-state index in [0.717, 1.165) is 34.0 Å². The van der Waals surface area contributed by atoms with Gasteiger partial charge in [-0.05, 0) is 30.3 Å². The molecule has 0 saturated heterocycles. The number of methoxy groups -OCH3 is 1. The molecule has 1 amide bonds. The molecule has 0 saturated carbocycles. The van der Waals surface area contributed by atoms with E-state index in [1.54, 1.807) is 7.11 Å². The summed E-state index contributed by atoms with van der Waals surface area (Å²) in [6, 6.07) is 17.9. The summed E-state index contributed by atoms with van der Waals surface area (Å²) >= 11 is 0. The standard InChI is InChI=1S/C21H21N3O2/c1-23-18-8-4-3-6-15(18)14-20(23)21(25)22-17-7-5-9-19-16(17)10-11-24(19)12-13-26-2/h3-11,14H,12-13H2,1-2H3,(H,22,25). The quantitative estimate of drug-likeness (QED) is 0.592. The molecule has 0 spiro atoms. The summed E-state index contributed by atoms with van der Waals surface area (Å²) in [5.41, 5.74) is 3.58. The number of hydrogen-bond acceptors (Lipinski definition) is 2. The second-order valence-electron chi connectivity index (χ2n) is 6.34. The van der Waals surface area contributed by atoms with Crippen molar-refractivity contribution in [2.75, 3.05) is 19.0 Å². The first-order valence-electron chi connectivity index (χ1n) is 8.61. The Morgan fingerprint density at radius 3 is 2.69 bits per heavy atom. The average molecular weight is 347 g/mol. The van der Waals surface area contributed by atoms with Crippen molar-refractivity contribution >= 4 is 33.4 Å². The number of nitrogens with zero attached hydrogens (tertiary/aromatic N) is 2. The molecule has 0 radical (unpaired) electrons. The van der Waals surface area contributed by atoms with Crippen LogP contribution in [0.3, 0.4) is 0 Å². The molecule has 26 heavy (non-hydrogen) atoms. The van der Waals surface area contributed by atoms with Crippen molar-refractivity contribution < 1.29 is 9.53 Å². The van der Waals surface area contributed by atoms with Gasteiger partial charge in [0.25, 0.3) is 5.91 Å². The topological polar surface area (TPSA) is 48.2 Å². The fourth-order valence-corrected chi connectivity index (χ4v) is 3.41. The zero-order chi connectivity index (χ0) is 18.1. The van der Waals surface area contributed by atoms with Gasteiger partial charge in [-0.3, -0.25) is 4.79 Å². The highest BCUT2D eigenvalue weighted by Gasteiger charge is 2.15. The number of carbonyl (C=O) groups is 1. The van der Waals surface area contributed by atoms with Crippen LogP contribution in [0.1, 0.15) is 10.5 Å². The maximum Gasteiger partial charge on any atom is 0.272 e. The van der Waals surface area contributed by atoms with Gasteiger partial charge in [0.2, 0.25) is 0 Å². The van der Waals surface area contributed by atoms with Crippen molar-refractivity contribution in [2.24, 2.45) is 7.05 Å². The van der Waals surface area contributed by atoms with Gasteiger partial charge in [0.05, 0.1) is 17.8 Å². The summed E-state index contributed by atoms with van der Waals surface area (Å²) in [5, 5.41) is 5.15. The average Bonchev–Trinajstić information content (AvgIpc) is 3.22. The van der Waals surface area contributed by atoms with Gasteiger partial charge in [-0.1, -0.05) is 24.3 Å². The number of rotatable bonds is 5. The van der Waals surface area contributed by atoms with Crippen LogP contribution in [-0.4, -0.2) is 28.8 Å². The maximum absolute atomic E-state index is 12.9. The van der Waals surface area contributed by atoms with Gasteiger partial charge in [0.1, 0.15) is 5.69 Å². The van der Waals surface area contributed by atoms with E-state index in [-0.39, 0.29) is 5.91 Å². The molecule has 2 aromatic heterocycles. The molecule has 0 bridgehead atoms. The van der Waals surface area contributed by atoms with E-state index in [2.05, 4.69) is 16.0 Å². The summed E-state index contributed by atoms with van der Waals surface area (Å²) in [6.45, 7) is 1.43. The minimum Gasteiger partial charge on any atom is -0.383 e. The number of benzene rings is 2. The van der Waals surface area contributed by atoms with Gasteiger partial charge in [0.15, 0.2) is 0 Å². The van der Waals surface area contributed by atoms with E-state index in [0.29, 0.717) is 12.3 Å². The van der Waals surface area contributed by atoms with E-state index in [1.165, 1.54) is 0 Å². The Bertz CT molecular complexity index is 1090. The zero-order valence-corrected chi connectivity index (χ0v) is 14.9. The van der Waals surface area contributed by atoms with E-state index >= 15 is 0 Å². The van der Waals surface area contributed by atoms with Crippen molar-refractivity contribution in [3.05, 3.63) is 66.5 Å². The normalized spacial score (nSPS) is 11.3. The molecule has 4 rings (SSSR count). The number of para-hydroxylation sites is 1. The lowest BCUT2D eigenvalue weighted by atomic mass is 10.2. The Morgan fingerprint density at radius 2 is 1.88 bits per heavy atom. The van der Waals surface area contributed by atoms with E-state index in [4.69, 9.17) is 4.74 Å². The van der Waals surface area contributed by atoms with E-state index < -0.39 is 0 Å². The first-order valence-corrected chi connectivity index (χ1v) is 8.61. The number of carbonyl (C=O) groups excluding carboxylic acids is 1.